The van der Waals surface area contributed by atoms with Gasteiger partial charge < -0.3 is 33.7 Å². The number of sulfone groups is 1. The fourth-order valence-electron chi connectivity index (χ4n) is 9.12. The Morgan fingerprint density at radius 1 is 1.06 bits per heavy atom. The number of cyclic esters (lactones) is 1. The molecule has 7 atom stereocenters. The first kappa shape index (κ1) is 38.6. The first-order valence-corrected chi connectivity index (χ1v) is 18.9. The van der Waals surface area contributed by atoms with Gasteiger partial charge in [0.2, 0.25) is 0 Å². The summed E-state index contributed by atoms with van der Waals surface area (Å²) in [5.41, 5.74) is -3.88. The quantitative estimate of drug-likeness (QED) is 0.0571. The number of ether oxygens (including phenoxy) is 5. The van der Waals surface area contributed by atoms with Gasteiger partial charge in [0.25, 0.3) is 9.84 Å². The number of carbonyl (C=O) groups is 6. The molecule has 1 aliphatic heterocycles. The van der Waals surface area contributed by atoms with Crippen LogP contribution in [0.25, 0.3) is 0 Å². The Bertz CT molecular complexity index is 1990. The van der Waals surface area contributed by atoms with E-state index in [2.05, 4.69) is 16.4 Å². The number of benzene rings is 1. The maximum Gasteiger partial charge on any atom is 0.415 e. The lowest BCUT2D eigenvalue weighted by Gasteiger charge is -2.62. The minimum absolute atomic E-state index is 0.0832. The van der Waals surface area contributed by atoms with E-state index in [1.165, 1.54) is 31.2 Å². The molecule has 3 aliphatic carbocycles. The normalized spacial score (nSPS) is 29.8. The number of aromatic nitrogens is 2. The van der Waals surface area contributed by atoms with Crippen molar-refractivity contribution in [2.75, 3.05) is 19.8 Å². The van der Waals surface area contributed by atoms with Crippen molar-refractivity contribution < 1.29 is 70.4 Å². The number of esters is 4. The van der Waals surface area contributed by atoms with Crippen LogP contribution in [-0.2, 0) is 57.6 Å². The molecule has 0 radical (unpaired) electrons. The Labute approximate surface area is 309 Å². The van der Waals surface area contributed by atoms with E-state index in [0.29, 0.717) is 12.8 Å². The molecule has 3 saturated carbocycles. The van der Waals surface area contributed by atoms with Crippen LogP contribution < -0.4 is 9.64 Å². The fourth-order valence-corrected chi connectivity index (χ4v) is 10.4. The van der Waals surface area contributed by atoms with Crippen LogP contribution in [0.5, 0.6) is 5.88 Å². The van der Waals surface area contributed by atoms with Crippen molar-refractivity contribution in [3.05, 3.63) is 47.7 Å². The molecule has 54 heavy (non-hydrogen) atoms. The number of ketones is 1. The summed E-state index contributed by atoms with van der Waals surface area (Å²) in [6.45, 7) is 7.84. The van der Waals surface area contributed by atoms with Crippen molar-refractivity contribution in [2.24, 2.45) is 34.0 Å². The lowest BCUT2D eigenvalue weighted by molar-refractivity contribution is -0.832. The smallest absolute Gasteiger partial charge is 0.415 e. The minimum atomic E-state index is -4.37. The van der Waals surface area contributed by atoms with Gasteiger partial charge in [-0.2, -0.15) is 0 Å². The Kier molecular flexibility index (Phi) is 10.2. The van der Waals surface area contributed by atoms with E-state index in [-0.39, 0.29) is 34.8 Å². The van der Waals surface area contributed by atoms with E-state index >= 15 is 0 Å². The molecule has 2 heterocycles. The van der Waals surface area contributed by atoms with Crippen LogP contribution in [0.3, 0.4) is 0 Å². The van der Waals surface area contributed by atoms with Gasteiger partial charge in [0, 0.05) is 18.8 Å². The molecule has 2 bridgehead atoms. The molecule has 2 aromatic rings. The van der Waals surface area contributed by atoms with Gasteiger partial charge in [-0.25, -0.2) is 8.42 Å². The van der Waals surface area contributed by atoms with Crippen LogP contribution in [0.4, 0.5) is 0 Å². The number of carbonyl (C=O) groups excluding carboxylic acids is 6. The zero-order valence-electron chi connectivity index (χ0n) is 29.8. The number of rotatable bonds is 12. The second kappa shape index (κ2) is 14.3. The van der Waals surface area contributed by atoms with Crippen LogP contribution in [-0.4, -0.2) is 81.5 Å². The number of hydrogen-bond donors (Lipinski definition) is 0. The summed E-state index contributed by atoms with van der Waals surface area (Å²) < 4.78 is 58.1. The molecule has 1 aromatic carbocycles. The van der Waals surface area contributed by atoms with Gasteiger partial charge in [-0.15, -0.1) is 0 Å². The van der Waals surface area contributed by atoms with Gasteiger partial charge in [0.05, 0.1) is 28.3 Å². The summed E-state index contributed by atoms with van der Waals surface area (Å²) in [4.78, 5) is 78.7. The van der Waals surface area contributed by atoms with Gasteiger partial charge in [-0.05, 0) is 59.6 Å². The standard InChI is InChI=1S/C36H40N2O15S/c1-20-23-10-11-24-35(25(18-39)34(3,4)15-14-26(35)51-21(2)40)19-50-33(44)36(24,29(20)43)30(23)52-28(42)13-12-27(41)48-16-17-49-31-32(38(45)53-37-31)54(46,47)22-8-6-5-7-9-22/h5-9,18,23-26,30H,1,10-17,19H2,2-4H3/t23-,24?,25+,26-,30+,35-,36-/m0/s1. The van der Waals surface area contributed by atoms with Gasteiger partial charge in [-0.1, -0.05) is 38.6 Å². The first-order valence-electron chi connectivity index (χ1n) is 17.4. The van der Waals surface area contributed by atoms with Crippen LogP contribution in [0, 0.1) is 39.2 Å². The van der Waals surface area contributed by atoms with Crippen LogP contribution in [0.1, 0.15) is 59.3 Å². The lowest BCUT2D eigenvalue weighted by atomic mass is 9.43. The van der Waals surface area contributed by atoms with Crippen molar-refractivity contribution >= 4 is 45.8 Å². The Hall–Kier alpha value is -5.13. The Morgan fingerprint density at radius 3 is 2.44 bits per heavy atom. The van der Waals surface area contributed by atoms with Gasteiger partial charge in [0.15, 0.2) is 11.2 Å². The molecule has 1 aromatic heterocycles. The molecule has 1 unspecified atom stereocenters. The predicted octanol–water partition coefficient (Wildman–Crippen LogP) is 2.02. The van der Waals surface area contributed by atoms with Crippen molar-refractivity contribution in [2.45, 2.75) is 81.4 Å². The van der Waals surface area contributed by atoms with Crippen LogP contribution in [0.15, 0.2) is 57.0 Å². The highest BCUT2D eigenvalue weighted by Gasteiger charge is 2.79. The maximum absolute atomic E-state index is 14.2. The number of fused-ring (bicyclic) bond motifs is 2. The maximum atomic E-state index is 14.2. The molecular formula is C36H40N2O15S. The highest BCUT2D eigenvalue weighted by atomic mass is 32.2. The van der Waals surface area contributed by atoms with Crippen molar-refractivity contribution in [1.29, 1.82) is 0 Å². The average Bonchev–Trinajstić information content (AvgIpc) is 3.56. The third kappa shape index (κ3) is 6.13. The predicted molar refractivity (Wildman–Crippen MR) is 177 cm³/mol. The molecule has 4 aliphatic rings. The number of nitrogens with zero attached hydrogens (tertiary/aromatic N) is 2. The molecule has 6 rings (SSSR count). The molecule has 0 N–H and O–H groups in total. The molecule has 18 heteroatoms. The van der Waals surface area contributed by atoms with Crippen molar-refractivity contribution in [3.8, 4) is 5.88 Å². The number of hydrogen-bond acceptors (Lipinski definition) is 16. The van der Waals surface area contributed by atoms with E-state index in [9.17, 15) is 42.4 Å². The van der Waals surface area contributed by atoms with E-state index in [4.69, 9.17) is 23.7 Å². The SMILES string of the molecule is C=C1C(=O)[C@@]23C(=O)OC[C@@]4(C2CC[C@@H]1[C@H]3OC(=O)CCC(=O)OCCOc1no[n+]([O-])c1S(=O)(=O)c1ccccc1)[C@@H](OC(C)=O)CCC(C)(C)[C@H]4C=O. The van der Waals surface area contributed by atoms with E-state index < -0.39 is 123 Å². The molecule has 290 valence electrons. The van der Waals surface area contributed by atoms with E-state index in [1.54, 1.807) is 6.07 Å². The van der Waals surface area contributed by atoms with Crippen LogP contribution >= 0.6 is 0 Å². The van der Waals surface area contributed by atoms with Crippen molar-refractivity contribution in [1.82, 2.24) is 5.16 Å². The van der Waals surface area contributed by atoms with Crippen LogP contribution in [0.2, 0.25) is 0 Å². The minimum Gasteiger partial charge on any atom is -0.464 e. The third-order valence-electron chi connectivity index (χ3n) is 11.4. The summed E-state index contributed by atoms with van der Waals surface area (Å²) in [5.74, 6) is -7.02. The summed E-state index contributed by atoms with van der Waals surface area (Å²) in [5, 5.41) is 14.5. The first-order chi connectivity index (χ1) is 25.5. The molecule has 2 spiro atoms. The van der Waals surface area contributed by atoms with Gasteiger partial charge >= 0.3 is 34.8 Å². The van der Waals surface area contributed by atoms with E-state index in [1.807, 2.05) is 13.8 Å². The second-order valence-electron chi connectivity index (χ2n) is 14.7. The summed E-state index contributed by atoms with van der Waals surface area (Å²) >= 11 is 0. The number of aldehydes is 1. The van der Waals surface area contributed by atoms with Crippen molar-refractivity contribution in [3.63, 3.8) is 0 Å². The topological polar surface area (TPSA) is 236 Å². The summed E-state index contributed by atoms with van der Waals surface area (Å²) in [7, 11) is -4.37. The van der Waals surface area contributed by atoms with E-state index in [0.717, 1.165) is 6.29 Å². The summed E-state index contributed by atoms with van der Waals surface area (Å²) in [6, 6.07) is 7.04. The third-order valence-corrected chi connectivity index (χ3v) is 13.2. The molecule has 17 nitrogen and oxygen atoms in total. The zero-order chi connectivity index (χ0) is 39.2. The monoisotopic (exact) mass is 772 g/mol. The second-order valence-corrected chi connectivity index (χ2v) is 16.6. The molecule has 4 fully saturated rings. The summed E-state index contributed by atoms with van der Waals surface area (Å²) in [6.07, 6.45) is -1.00. The molecule has 0 amide bonds. The molecule has 1 saturated heterocycles. The average molecular weight is 773 g/mol. The number of Topliss-reactive ketones (excluding diaryl/α,β-unsaturated/α-hetero) is 1. The Balaban J connectivity index is 1.13. The van der Waals surface area contributed by atoms with Gasteiger partial charge in [0.1, 0.15) is 38.3 Å². The van der Waals surface area contributed by atoms with Gasteiger partial charge in [-0.3, -0.25) is 28.6 Å². The fraction of sp³-hybridized carbons (Fsp3) is 0.556. The highest BCUT2D eigenvalue weighted by molar-refractivity contribution is 7.91. The highest BCUT2D eigenvalue weighted by Crippen LogP contribution is 2.68. The lowest BCUT2D eigenvalue weighted by Crippen LogP contribution is -2.71. The zero-order valence-corrected chi connectivity index (χ0v) is 30.7. The largest absolute Gasteiger partial charge is 0.464 e. The molecular weight excluding hydrogens is 732 g/mol. The Morgan fingerprint density at radius 2 is 1.76 bits per heavy atom.